The minimum absolute atomic E-state index is 0.425. The molecular weight excluding hydrogens is 312 g/mol. The molecule has 0 saturated heterocycles. The van der Waals surface area contributed by atoms with Crippen molar-refractivity contribution in [2.45, 2.75) is 19.4 Å². The van der Waals surface area contributed by atoms with Gasteiger partial charge in [0.1, 0.15) is 5.75 Å². The summed E-state index contributed by atoms with van der Waals surface area (Å²) in [6, 6.07) is 16.4. The number of benzene rings is 2. The average Bonchev–Trinajstić information content (AvgIpc) is 2.65. The smallest absolute Gasteiger partial charge is 0.193 e. The van der Waals surface area contributed by atoms with E-state index in [0.717, 1.165) is 43.9 Å². The Morgan fingerprint density at radius 3 is 2.76 bits per heavy atom. The van der Waals surface area contributed by atoms with Crippen molar-refractivity contribution in [3.63, 3.8) is 0 Å². The van der Waals surface area contributed by atoms with E-state index in [9.17, 15) is 0 Å². The highest BCUT2D eigenvalue weighted by atomic mass is 16.5. The van der Waals surface area contributed by atoms with Crippen LogP contribution in [-0.2, 0) is 13.0 Å². The number of nitrogens with two attached hydrogens (primary N) is 1. The number of para-hydroxylation sites is 2. The maximum atomic E-state index is 5.98. The van der Waals surface area contributed by atoms with E-state index in [2.05, 4.69) is 39.5 Å². The Kier molecular flexibility index (Phi) is 5.90. The summed E-state index contributed by atoms with van der Waals surface area (Å²) in [7, 11) is 1.64. The molecule has 132 valence electrons. The van der Waals surface area contributed by atoms with E-state index in [1.165, 1.54) is 11.1 Å². The Morgan fingerprint density at radius 2 is 1.92 bits per heavy atom. The molecule has 0 amide bonds. The van der Waals surface area contributed by atoms with E-state index in [1.54, 1.807) is 7.11 Å². The number of fused-ring (bicyclic) bond motifs is 1. The topological polar surface area (TPSA) is 62.9 Å². The molecule has 5 heteroatoms. The number of methoxy groups -OCH3 is 1. The number of hydrogen-bond acceptors (Lipinski definition) is 3. The van der Waals surface area contributed by atoms with Gasteiger partial charge in [-0.1, -0.05) is 36.4 Å². The zero-order valence-corrected chi connectivity index (χ0v) is 14.7. The van der Waals surface area contributed by atoms with E-state index in [0.29, 0.717) is 12.5 Å². The number of hydrogen-bond donors (Lipinski definition) is 2. The fourth-order valence-electron chi connectivity index (χ4n) is 3.16. The van der Waals surface area contributed by atoms with E-state index >= 15 is 0 Å². The standard InChI is InChI=1S/C20H26N4O/c1-25-19-10-5-4-9-18(19)23-20(21)22-12-6-13-24-14-11-16-7-2-3-8-17(16)15-24/h2-5,7-10H,6,11-15H2,1H3,(H3,21,22,23). The second-order valence-electron chi connectivity index (χ2n) is 6.24. The molecule has 5 nitrogen and oxygen atoms in total. The van der Waals surface area contributed by atoms with Gasteiger partial charge in [-0.05, 0) is 36.1 Å². The molecule has 0 atom stereocenters. The molecule has 0 aliphatic carbocycles. The second kappa shape index (κ2) is 8.53. The van der Waals surface area contributed by atoms with Crippen LogP contribution in [0.15, 0.2) is 53.5 Å². The molecule has 0 saturated carbocycles. The predicted molar refractivity (Wildman–Crippen MR) is 103 cm³/mol. The van der Waals surface area contributed by atoms with Crippen molar-refractivity contribution in [2.75, 3.05) is 32.1 Å². The van der Waals surface area contributed by atoms with Gasteiger partial charge in [-0.15, -0.1) is 0 Å². The van der Waals surface area contributed by atoms with Crippen molar-refractivity contribution in [3.8, 4) is 5.75 Å². The van der Waals surface area contributed by atoms with Crippen molar-refractivity contribution in [1.82, 2.24) is 4.90 Å². The van der Waals surface area contributed by atoms with Gasteiger partial charge >= 0.3 is 0 Å². The van der Waals surface area contributed by atoms with Crippen LogP contribution >= 0.6 is 0 Å². The molecule has 2 aromatic carbocycles. The summed E-state index contributed by atoms with van der Waals surface area (Å²) in [6.45, 7) is 3.91. The van der Waals surface area contributed by atoms with Crippen LogP contribution in [0.2, 0.25) is 0 Å². The molecule has 3 N–H and O–H groups in total. The third kappa shape index (κ3) is 4.73. The van der Waals surface area contributed by atoms with Gasteiger partial charge in [-0.25, -0.2) is 0 Å². The van der Waals surface area contributed by atoms with Crippen molar-refractivity contribution >= 4 is 11.6 Å². The van der Waals surface area contributed by atoms with Crippen molar-refractivity contribution in [3.05, 3.63) is 59.7 Å². The molecule has 1 heterocycles. The molecule has 0 fully saturated rings. The average molecular weight is 338 g/mol. The first-order valence-corrected chi connectivity index (χ1v) is 8.75. The lowest BCUT2D eigenvalue weighted by Crippen LogP contribution is -2.31. The number of guanidine groups is 1. The van der Waals surface area contributed by atoms with Crippen LogP contribution in [0.4, 0.5) is 5.69 Å². The zero-order chi connectivity index (χ0) is 17.5. The Morgan fingerprint density at radius 1 is 1.16 bits per heavy atom. The molecular formula is C20H26N4O. The quantitative estimate of drug-likeness (QED) is 0.483. The Balaban J connectivity index is 1.44. The summed E-state index contributed by atoms with van der Waals surface area (Å²) in [5, 5.41) is 3.10. The summed E-state index contributed by atoms with van der Waals surface area (Å²) in [4.78, 5) is 6.91. The SMILES string of the molecule is COc1ccccc1NC(N)=NCCCN1CCc2ccccc2C1. The number of anilines is 1. The number of ether oxygens (including phenoxy) is 1. The molecule has 1 aliphatic heterocycles. The summed E-state index contributed by atoms with van der Waals surface area (Å²) in [5.41, 5.74) is 9.76. The van der Waals surface area contributed by atoms with E-state index in [1.807, 2.05) is 24.3 Å². The Hall–Kier alpha value is -2.53. The minimum Gasteiger partial charge on any atom is -0.495 e. The highest BCUT2D eigenvalue weighted by Gasteiger charge is 2.14. The van der Waals surface area contributed by atoms with Crippen LogP contribution in [0.5, 0.6) is 5.75 Å². The van der Waals surface area contributed by atoms with Crippen molar-refractivity contribution in [2.24, 2.45) is 10.7 Å². The lowest BCUT2D eigenvalue weighted by Gasteiger charge is -2.28. The Bertz CT molecular complexity index is 729. The number of nitrogens with one attached hydrogen (secondary N) is 1. The van der Waals surface area contributed by atoms with Gasteiger partial charge in [-0.2, -0.15) is 0 Å². The van der Waals surface area contributed by atoms with E-state index in [4.69, 9.17) is 10.5 Å². The largest absolute Gasteiger partial charge is 0.495 e. The third-order valence-electron chi connectivity index (χ3n) is 4.49. The molecule has 0 bridgehead atoms. The highest BCUT2D eigenvalue weighted by molar-refractivity contribution is 5.93. The van der Waals surface area contributed by atoms with Crippen LogP contribution in [0, 0.1) is 0 Å². The Labute approximate surface area is 149 Å². The lowest BCUT2D eigenvalue weighted by atomic mass is 10.00. The van der Waals surface area contributed by atoms with Gasteiger partial charge in [0, 0.05) is 26.2 Å². The van der Waals surface area contributed by atoms with Gasteiger partial charge in [0.2, 0.25) is 0 Å². The number of rotatable bonds is 6. The zero-order valence-electron chi connectivity index (χ0n) is 14.7. The molecule has 2 aromatic rings. The molecule has 0 unspecified atom stereocenters. The normalized spacial score (nSPS) is 14.8. The first kappa shape index (κ1) is 17.3. The maximum absolute atomic E-state index is 5.98. The highest BCUT2D eigenvalue weighted by Crippen LogP contribution is 2.22. The molecule has 0 aromatic heterocycles. The summed E-state index contributed by atoms with van der Waals surface area (Å²) in [6.07, 6.45) is 2.13. The van der Waals surface area contributed by atoms with Crippen molar-refractivity contribution < 1.29 is 4.74 Å². The van der Waals surface area contributed by atoms with Crippen LogP contribution in [0.3, 0.4) is 0 Å². The molecule has 1 aliphatic rings. The second-order valence-corrected chi connectivity index (χ2v) is 6.24. The molecule has 0 radical (unpaired) electrons. The number of aliphatic imine (C=N–C) groups is 1. The van der Waals surface area contributed by atoms with Gasteiger partial charge in [0.15, 0.2) is 5.96 Å². The van der Waals surface area contributed by atoms with Crippen LogP contribution in [0.1, 0.15) is 17.5 Å². The van der Waals surface area contributed by atoms with Crippen LogP contribution < -0.4 is 15.8 Å². The first-order chi connectivity index (χ1) is 12.3. The van der Waals surface area contributed by atoms with E-state index < -0.39 is 0 Å². The van der Waals surface area contributed by atoms with E-state index in [-0.39, 0.29) is 0 Å². The van der Waals surface area contributed by atoms with Gasteiger partial charge in [-0.3, -0.25) is 9.89 Å². The fourth-order valence-corrected chi connectivity index (χ4v) is 3.16. The van der Waals surface area contributed by atoms with Gasteiger partial charge in [0.05, 0.1) is 12.8 Å². The van der Waals surface area contributed by atoms with Crippen LogP contribution in [0.25, 0.3) is 0 Å². The first-order valence-electron chi connectivity index (χ1n) is 8.75. The monoisotopic (exact) mass is 338 g/mol. The summed E-state index contributed by atoms with van der Waals surface area (Å²) < 4.78 is 5.30. The number of nitrogens with zero attached hydrogens (tertiary/aromatic N) is 2. The maximum Gasteiger partial charge on any atom is 0.193 e. The predicted octanol–water partition coefficient (Wildman–Crippen LogP) is 2.87. The van der Waals surface area contributed by atoms with Crippen molar-refractivity contribution in [1.29, 1.82) is 0 Å². The fraction of sp³-hybridized carbons (Fsp3) is 0.350. The van der Waals surface area contributed by atoms with Crippen LogP contribution in [-0.4, -0.2) is 37.6 Å². The summed E-state index contributed by atoms with van der Waals surface area (Å²) >= 11 is 0. The molecule has 25 heavy (non-hydrogen) atoms. The van der Waals surface area contributed by atoms with Gasteiger partial charge < -0.3 is 15.8 Å². The van der Waals surface area contributed by atoms with Gasteiger partial charge in [0.25, 0.3) is 0 Å². The third-order valence-corrected chi connectivity index (χ3v) is 4.49. The minimum atomic E-state index is 0.425. The molecule has 3 rings (SSSR count). The summed E-state index contributed by atoms with van der Waals surface area (Å²) in [5.74, 6) is 1.18. The lowest BCUT2D eigenvalue weighted by molar-refractivity contribution is 0.253. The molecule has 0 spiro atoms.